The van der Waals surface area contributed by atoms with E-state index in [1.165, 1.54) is 23.9 Å². The summed E-state index contributed by atoms with van der Waals surface area (Å²) in [6.45, 7) is 3.73. The van der Waals surface area contributed by atoms with Crippen LogP contribution in [0.15, 0.2) is 60.1 Å². The van der Waals surface area contributed by atoms with Gasteiger partial charge >= 0.3 is 0 Å². The Bertz CT molecular complexity index is 1410. The predicted molar refractivity (Wildman–Crippen MR) is 144 cm³/mol. The molecule has 0 bridgehead atoms. The number of aromatic nitrogens is 3. The molecule has 1 aliphatic rings. The molecule has 3 atom stereocenters. The number of aliphatic hydroxyl groups is 1. The Morgan fingerprint density at radius 3 is 2.58 bits per heavy atom. The first-order chi connectivity index (χ1) is 18.1. The monoisotopic (exact) mass is 539 g/mol. The zero-order valence-corrected chi connectivity index (χ0v) is 22.7. The Morgan fingerprint density at radius 2 is 1.92 bits per heavy atom. The molecule has 3 heterocycles. The maximum atomic E-state index is 13.6. The highest BCUT2D eigenvalue weighted by Gasteiger charge is 2.36. The number of carbonyl (C=O) groups excluding carboxylic acids is 1. The van der Waals surface area contributed by atoms with Crippen LogP contribution in [0.3, 0.4) is 0 Å². The summed E-state index contributed by atoms with van der Waals surface area (Å²) in [5, 5.41) is 9.81. The summed E-state index contributed by atoms with van der Waals surface area (Å²) in [6.07, 6.45) is 7.66. The van der Waals surface area contributed by atoms with Crippen molar-refractivity contribution in [1.82, 2.24) is 23.7 Å². The fourth-order valence-electron chi connectivity index (χ4n) is 4.22. The van der Waals surface area contributed by atoms with Gasteiger partial charge in [0.05, 0.1) is 25.5 Å². The highest BCUT2D eigenvalue weighted by Crippen LogP contribution is 2.28. The van der Waals surface area contributed by atoms with E-state index in [0.717, 1.165) is 5.56 Å². The number of pyridine rings is 1. The molecule has 2 aromatic heterocycles. The SMILES string of the molecule is C[C@@H]1CN([C@H](C)CO)C(=O)c2cc(/C=C/c3ccccc3)cnc2O[C@@H]1CN(C)S(=O)(=O)c1cn(C)cn1. The summed E-state index contributed by atoms with van der Waals surface area (Å²) in [6, 6.07) is 11.0. The van der Waals surface area contributed by atoms with E-state index in [1.54, 1.807) is 35.7 Å². The van der Waals surface area contributed by atoms with Crippen LogP contribution in [0.5, 0.6) is 5.88 Å². The van der Waals surface area contributed by atoms with Gasteiger partial charge in [-0.2, -0.15) is 4.31 Å². The van der Waals surface area contributed by atoms with Crippen molar-refractivity contribution in [3.63, 3.8) is 0 Å². The first-order valence-electron chi connectivity index (χ1n) is 12.4. The average Bonchev–Trinajstić information content (AvgIpc) is 3.36. The molecule has 1 N–H and O–H groups in total. The van der Waals surface area contributed by atoms with Crippen molar-refractivity contribution in [2.45, 2.75) is 31.0 Å². The molecule has 38 heavy (non-hydrogen) atoms. The number of aliphatic hydroxyl groups excluding tert-OH is 1. The largest absolute Gasteiger partial charge is 0.472 e. The van der Waals surface area contributed by atoms with Crippen LogP contribution in [0, 0.1) is 5.92 Å². The fourth-order valence-corrected chi connectivity index (χ4v) is 5.36. The van der Waals surface area contributed by atoms with Crippen LogP contribution in [-0.2, 0) is 17.1 Å². The molecule has 3 aromatic rings. The van der Waals surface area contributed by atoms with Crippen molar-refractivity contribution in [3.8, 4) is 5.88 Å². The maximum absolute atomic E-state index is 13.6. The lowest BCUT2D eigenvalue weighted by Gasteiger charge is -2.37. The van der Waals surface area contributed by atoms with Gasteiger partial charge in [-0.3, -0.25) is 4.79 Å². The van der Waals surface area contributed by atoms with Crippen molar-refractivity contribution in [1.29, 1.82) is 0 Å². The van der Waals surface area contributed by atoms with Crippen LogP contribution in [0.2, 0.25) is 0 Å². The van der Waals surface area contributed by atoms with E-state index in [1.807, 2.05) is 49.4 Å². The summed E-state index contributed by atoms with van der Waals surface area (Å²) >= 11 is 0. The van der Waals surface area contributed by atoms with Crippen molar-refractivity contribution in [2.24, 2.45) is 13.0 Å². The lowest BCUT2D eigenvalue weighted by atomic mass is 10.00. The summed E-state index contributed by atoms with van der Waals surface area (Å²) in [4.78, 5) is 23.6. The Morgan fingerprint density at radius 1 is 1.21 bits per heavy atom. The van der Waals surface area contributed by atoms with E-state index in [9.17, 15) is 18.3 Å². The molecule has 1 aliphatic heterocycles. The molecule has 0 radical (unpaired) electrons. The number of nitrogens with zero attached hydrogens (tertiary/aromatic N) is 5. The molecule has 0 saturated heterocycles. The topological polar surface area (TPSA) is 118 Å². The van der Waals surface area contributed by atoms with Crippen LogP contribution in [0.25, 0.3) is 12.2 Å². The molecular weight excluding hydrogens is 506 g/mol. The van der Waals surface area contributed by atoms with E-state index >= 15 is 0 Å². The van der Waals surface area contributed by atoms with Gasteiger partial charge in [-0.25, -0.2) is 18.4 Å². The molecule has 0 aliphatic carbocycles. The van der Waals surface area contributed by atoms with Gasteiger partial charge in [0.15, 0.2) is 5.03 Å². The number of hydrogen-bond acceptors (Lipinski definition) is 7. The number of carbonyl (C=O) groups is 1. The molecule has 10 nitrogen and oxygen atoms in total. The van der Waals surface area contributed by atoms with Gasteiger partial charge in [-0.05, 0) is 24.1 Å². The number of imidazole rings is 1. The molecule has 0 unspecified atom stereocenters. The Balaban J connectivity index is 1.66. The summed E-state index contributed by atoms with van der Waals surface area (Å²) < 4.78 is 35.2. The fraction of sp³-hybridized carbons (Fsp3) is 0.370. The molecule has 202 valence electrons. The normalized spacial score (nSPS) is 19.2. The third-order valence-electron chi connectivity index (χ3n) is 6.60. The van der Waals surface area contributed by atoms with Crippen molar-refractivity contribution >= 4 is 28.1 Å². The summed E-state index contributed by atoms with van der Waals surface area (Å²) in [5.74, 6) is -0.437. The number of benzene rings is 1. The number of rotatable bonds is 8. The predicted octanol–water partition coefficient (Wildman–Crippen LogP) is 2.53. The first kappa shape index (κ1) is 27.5. The number of aryl methyl sites for hydroxylation is 1. The van der Waals surface area contributed by atoms with Gasteiger partial charge in [0, 0.05) is 39.0 Å². The third-order valence-corrected chi connectivity index (χ3v) is 8.31. The number of ether oxygens (including phenoxy) is 1. The Labute approximate surface area is 223 Å². The second kappa shape index (κ2) is 11.5. The summed E-state index contributed by atoms with van der Waals surface area (Å²) in [5.41, 5.74) is 1.97. The second-order valence-corrected chi connectivity index (χ2v) is 11.6. The average molecular weight is 540 g/mol. The molecule has 11 heteroatoms. The van der Waals surface area contributed by atoms with Gasteiger partial charge in [0.1, 0.15) is 11.7 Å². The van der Waals surface area contributed by atoms with Crippen LogP contribution >= 0.6 is 0 Å². The minimum atomic E-state index is -3.85. The highest BCUT2D eigenvalue weighted by molar-refractivity contribution is 7.89. The van der Waals surface area contributed by atoms with E-state index in [2.05, 4.69) is 9.97 Å². The maximum Gasteiger partial charge on any atom is 0.261 e. The summed E-state index contributed by atoms with van der Waals surface area (Å²) in [7, 11) is -0.677. The standard InChI is InChI=1S/C27H33N5O5S/c1-19-14-32(20(2)17-33)27(34)23-12-22(11-10-21-8-6-5-7-9-21)13-28-26(23)37-24(19)15-31(4)38(35,36)25-16-30(3)18-29-25/h5-13,16,18-20,24,33H,14-15,17H2,1-4H3/b11-10+/t19-,20-,24-/m1/s1. The number of sulfonamides is 1. The lowest BCUT2D eigenvalue weighted by molar-refractivity contribution is 0.0373. The molecule has 4 rings (SSSR count). The van der Waals surface area contributed by atoms with Crippen molar-refractivity contribution in [2.75, 3.05) is 26.7 Å². The minimum absolute atomic E-state index is 0.0202. The van der Waals surface area contributed by atoms with Crippen molar-refractivity contribution < 1.29 is 23.1 Å². The van der Waals surface area contributed by atoms with E-state index in [-0.39, 0.29) is 48.0 Å². The molecule has 1 amide bonds. The number of fused-ring (bicyclic) bond motifs is 1. The van der Waals surface area contributed by atoms with Gasteiger partial charge < -0.3 is 19.3 Å². The third kappa shape index (κ3) is 5.95. The molecule has 1 aromatic carbocycles. The van der Waals surface area contributed by atoms with Gasteiger partial charge in [0.2, 0.25) is 5.88 Å². The zero-order valence-electron chi connectivity index (χ0n) is 21.9. The van der Waals surface area contributed by atoms with Crippen LogP contribution in [0.4, 0.5) is 0 Å². The number of hydrogen-bond donors (Lipinski definition) is 1. The van der Waals surface area contributed by atoms with Crippen LogP contribution in [-0.4, -0.2) is 82.1 Å². The second-order valence-electron chi connectivity index (χ2n) is 9.65. The minimum Gasteiger partial charge on any atom is -0.472 e. The lowest BCUT2D eigenvalue weighted by Crippen LogP contribution is -2.50. The highest BCUT2D eigenvalue weighted by atomic mass is 32.2. The van der Waals surface area contributed by atoms with E-state index in [0.29, 0.717) is 5.56 Å². The van der Waals surface area contributed by atoms with Crippen LogP contribution in [0.1, 0.15) is 35.3 Å². The molecule has 0 spiro atoms. The Kier molecular flexibility index (Phi) is 8.29. The first-order valence-corrected chi connectivity index (χ1v) is 13.8. The molecule has 0 fully saturated rings. The van der Waals surface area contributed by atoms with Crippen molar-refractivity contribution in [3.05, 3.63) is 71.8 Å². The smallest absolute Gasteiger partial charge is 0.261 e. The van der Waals surface area contributed by atoms with E-state index in [4.69, 9.17) is 4.74 Å². The molecule has 0 saturated carbocycles. The number of likely N-dealkylation sites (N-methyl/N-ethyl adjacent to an activating group) is 1. The van der Waals surface area contributed by atoms with E-state index < -0.39 is 22.2 Å². The molecular formula is C27H33N5O5S. The van der Waals surface area contributed by atoms with Gasteiger partial charge in [0.25, 0.3) is 15.9 Å². The Hall–Kier alpha value is -3.54. The number of amides is 1. The zero-order chi connectivity index (χ0) is 27.4. The van der Waals surface area contributed by atoms with Gasteiger partial charge in [-0.1, -0.05) is 49.4 Å². The quantitative estimate of drug-likeness (QED) is 0.467. The van der Waals surface area contributed by atoms with Gasteiger partial charge in [-0.15, -0.1) is 0 Å². The van der Waals surface area contributed by atoms with Crippen LogP contribution < -0.4 is 4.74 Å².